The summed E-state index contributed by atoms with van der Waals surface area (Å²) in [5.74, 6) is 0.904. The Morgan fingerprint density at radius 3 is 3.04 bits per heavy atom. The molecular formula is C18H18N4O2S. The van der Waals surface area contributed by atoms with Gasteiger partial charge in [0.1, 0.15) is 5.75 Å². The van der Waals surface area contributed by atoms with Gasteiger partial charge < -0.3 is 15.0 Å². The van der Waals surface area contributed by atoms with Crippen molar-refractivity contribution in [3.63, 3.8) is 0 Å². The lowest BCUT2D eigenvalue weighted by Crippen LogP contribution is -2.53. The minimum absolute atomic E-state index is 0.0122. The van der Waals surface area contributed by atoms with Crippen LogP contribution >= 0.6 is 11.3 Å². The summed E-state index contributed by atoms with van der Waals surface area (Å²) in [5.41, 5.74) is 1.94. The number of ether oxygens (including phenoxy) is 1. The molecule has 2 aromatic heterocycles. The fraction of sp³-hybridized carbons (Fsp3) is 0.278. The normalized spacial score (nSPS) is 14.4. The molecule has 0 spiro atoms. The average molecular weight is 354 g/mol. The van der Waals surface area contributed by atoms with Crippen molar-refractivity contribution >= 4 is 32.6 Å². The molecular weight excluding hydrogens is 336 g/mol. The van der Waals surface area contributed by atoms with E-state index in [9.17, 15) is 4.79 Å². The first-order valence-corrected chi connectivity index (χ1v) is 8.91. The number of amides is 1. The molecule has 0 radical (unpaired) electrons. The number of benzene rings is 1. The zero-order chi connectivity index (χ0) is 17.2. The molecule has 7 heteroatoms. The highest BCUT2D eigenvalue weighted by molar-refractivity contribution is 7.22. The molecule has 1 N–H and O–H groups in total. The van der Waals surface area contributed by atoms with Gasteiger partial charge in [0.15, 0.2) is 5.13 Å². The van der Waals surface area contributed by atoms with E-state index in [4.69, 9.17) is 4.74 Å². The molecule has 3 aromatic rings. The number of carbonyl (C=O) groups excluding carboxylic acids is 1. The Hall–Kier alpha value is -2.67. The number of fused-ring (bicyclic) bond motifs is 1. The van der Waals surface area contributed by atoms with Gasteiger partial charge in [-0.2, -0.15) is 0 Å². The van der Waals surface area contributed by atoms with Crippen molar-refractivity contribution in [3.05, 3.63) is 48.3 Å². The molecule has 6 nitrogen and oxygen atoms in total. The highest BCUT2D eigenvalue weighted by Crippen LogP contribution is 2.34. The summed E-state index contributed by atoms with van der Waals surface area (Å²) in [6.45, 7) is 1.93. The minimum atomic E-state index is 0.0122. The number of nitrogens with one attached hydrogen (secondary N) is 1. The molecule has 1 aromatic carbocycles. The number of anilines is 1. The molecule has 0 aliphatic carbocycles. The zero-order valence-corrected chi connectivity index (χ0v) is 14.6. The van der Waals surface area contributed by atoms with Crippen molar-refractivity contribution in [2.75, 3.05) is 25.1 Å². The number of methoxy groups -OCH3 is 1. The van der Waals surface area contributed by atoms with Crippen LogP contribution in [0.25, 0.3) is 10.2 Å². The van der Waals surface area contributed by atoms with Crippen molar-refractivity contribution in [2.24, 2.45) is 5.92 Å². The molecule has 1 fully saturated rings. The number of nitrogens with zero attached hydrogens (tertiary/aromatic N) is 3. The fourth-order valence-corrected chi connectivity index (χ4v) is 3.76. The summed E-state index contributed by atoms with van der Waals surface area (Å²) in [5, 5.41) is 3.93. The van der Waals surface area contributed by atoms with Crippen LogP contribution in [0.1, 0.15) is 5.56 Å². The van der Waals surface area contributed by atoms with Gasteiger partial charge in [-0.05, 0) is 23.8 Å². The molecule has 1 amide bonds. The maximum atomic E-state index is 12.2. The summed E-state index contributed by atoms with van der Waals surface area (Å²) in [6.07, 6.45) is 3.49. The first kappa shape index (κ1) is 15.8. The van der Waals surface area contributed by atoms with E-state index in [2.05, 4.69) is 20.2 Å². The van der Waals surface area contributed by atoms with Crippen LogP contribution in [-0.2, 0) is 11.3 Å². The van der Waals surface area contributed by atoms with Gasteiger partial charge in [0.05, 0.1) is 23.2 Å². The van der Waals surface area contributed by atoms with Crippen molar-refractivity contribution in [1.29, 1.82) is 0 Å². The predicted molar refractivity (Wildman–Crippen MR) is 98.0 cm³/mol. The molecule has 25 heavy (non-hydrogen) atoms. The minimum Gasteiger partial charge on any atom is -0.497 e. The van der Waals surface area contributed by atoms with E-state index < -0.39 is 0 Å². The number of thiazole rings is 1. The van der Waals surface area contributed by atoms with Gasteiger partial charge in [0.2, 0.25) is 5.91 Å². The van der Waals surface area contributed by atoms with E-state index in [1.165, 1.54) is 0 Å². The smallest absolute Gasteiger partial charge is 0.226 e. The SMILES string of the molecule is COc1ccc2sc(N3CC(C(=O)NCc4cccnc4)C3)nc2c1. The van der Waals surface area contributed by atoms with Gasteiger partial charge >= 0.3 is 0 Å². The van der Waals surface area contributed by atoms with Crippen LogP contribution in [0.4, 0.5) is 5.13 Å². The van der Waals surface area contributed by atoms with Crippen molar-refractivity contribution in [2.45, 2.75) is 6.54 Å². The van der Waals surface area contributed by atoms with E-state index in [1.807, 2.05) is 30.3 Å². The number of aromatic nitrogens is 2. The second-order valence-electron chi connectivity index (χ2n) is 6.01. The predicted octanol–water partition coefficient (Wildman–Crippen LogP) is 2.45. The highest BCUT2D eigenvalue weighted by atomic mass is 32.1. The number of pyridine rings is 1. The van der Waals surface area contributed by atoms with Gasteiger partial charge in [0.25, 0.3) is 0 Å². The summed E-state index contributed by atoms with van der Waals surface area (Å²) >= 11 is 1.64. The molecule has 0 saturated carbocycles. The summed E-state index contributed by atoms with van der Waals surface area (Å²) in [4.78, 5) is 23.1. The molecule has 0 bridgehead atoms. The third kappa shape index (κ3) is 3.28. The fourth-order valence-electron chi connectivity index (χ4n) is 2.79. The molecule has 128 valence electrons. The van der Waals surface area contributed by atoms with Crippen molar-refractivity contribution in [1.82, 2.24) is 15.3 Å². The Bertz CT molecular complexity index is 890. The van der Waals surface area contributed by atoms with Crippen LogP contribution in [-0.4, -0.2) is 36.1 Å². The highest BCUT2D eigenvalue weighted by Gasteiger charge is 2.34. The van der Waals surface area contributed by atoms with Gasteiger partial charge in [0, 0.05) is 38.1 Å². The van der Waals surface area contributed by atoms with Crippen LogP contribution < -0.4 is 15.0 Å². The third-order valence-electron chi connectivity index (χ3n) is 4.30. The standard InChI is InChI=1S/C18H18N4O2S/c1-24-14-4-5-16-15(7-14)21-18(25-16)22-10-13(11-22)17(23)20-9-12-3-2-6-19-8-12/h2-8,13H,9-11H2,1H3,(H,20,23). The molecule has 1 aliphatic heterocycles. The average Bonchev–Trinajstić information content (AvgIpc) is 3.02. The Morgan fingerprint density at radius 2 is 2.28 bits per heavy atom. The van der Waals surface area contributed by atoms with Crippen LogP contribution in [0.15, 0.2) is 42.7 Å². The second kappa shape index (κ2) is 6.68. The van der Waals surface area contributed by atoms with Gasteiger partial charge in [-0.25, -0.2) is 4.98 Å². The Labute approximate surface area is 149 Å². The van der Waals surface area contributed by atoms with Crippen LogP contribution in [0, 0.1) is 5.92 Å². The second-order valence-corrected chi connectivity index (χ2v) is 7.02. The van der Waals surface area contributed by atoms with E-state index in [-0.39, 0.29) is 11.8 Å². The van der Waals surface area contributed by atoms with E-state index in [0.717, 1.165) is 26.7 Å². The quantitative estimate of drug-likeness (QED) is 0.762. The lowest BCUT2D eigenvalue weighted by atomic mass is 10.00. The topological polar surface area (TPSA) is 67.3 Å². The largest absolute Gasteiger partial charge is 0.497 e. The third-order valence-corrected chi connectivity index (χ3v) is 5.39. The van der Waals surface area contributed by atoms with E-state index in [1.54, 1.807) is 30.8 Å². The molecule has 1 aliphatic rings. The van der Waals surface area contributed by atoms with Crippen molar-refractivity contribution < 1.29 is 9.53 Å². The van der Waals surface area contributed by atoms with Gasteiger partial charge in [-0.15, -0.1) is 0 Å². The van der Waals surface area contributed by atoms with E-state index in [0.29, 0.717) is 19.6 Å². The van der Waals surface area contributed by atoms with Crippen molar-refractivity contribution in [3.8, 4) is 5.75 Å². The summed E-state index contributed by atoms with van der Waals surface area (Å²) in [7, 11) is 1.65. The maximum absolute atomic E-state index is 12.2. The molecule has 0 atom stereocenters. The number of hydrogen-bond acceptors (Lipinski definition) is 6. The Morgan fingerprint density at radius 1 is 1.40 bits per heavy atom. The first-order chi connectivity index (χ1) is 12.2. The molecule has 4 rings (SSSR count). The Kier molecular flexibility index (Phi) is 4.23. The van der Waals surface area contributed by atoms with Crippen LogP contribution in [0.5, 0.6) is 5.75 Å². The summed E-state index contributed by atoms with van der Waals surface area (Å²) < 4.78 is 6.36. The molecule has 0 unspecified atom stereocenters. The van der Waals surface area contributed by atoms with Gasteiger partial charge in [-0.3, -0.25) is 9.78 Å². The van der Waals surface area contributed by atoms with Crippen LogP contribution in [0.2, 0.25) is 0 Å². The summed E-state index contributed by atoms with van der Waals surface area (Å²) in [6, 6.07) is 9.72. The zero-order valence-electron chi connectivity index (χ0n) is 13.8. The lowest BCUT2D eigenvalue weighted by Gasteiger charge is -2.37. The maximum Gasteiger partial charge on any atom is 0.226 e. The molecule has 1 saturated heterocycles. The Balaban J connectivity index is 1.34. The number of rotatable bonds is 5. The van der Waals surface area contributed by atoms with Crippen LogP contribution in [0.3, 0.4) is 0 Å². The number of hydrogen-bond donors (Lipinski definition) is 1. The lowest BCUT2D eigenvalue weighted by molar-refractivity contribution is -0.125. The molecule has 3 heterocycles. The number of carbonyl (C=O) groups is 1. The van der Waals surface area contributed by atoms with Gasteiger partial charge in [-0.1, -0.05) is 17.4 Å². The van der Waals surface area contributed by atoms with E-state index >= 15 is 0 Å². The monoisotopic (exact) mass is 354 g/mol. The first-order valence-electron chi connectivity index (χ1n) is 8.09.